The summed E-state index contributed by atoms with van der Waals surface area (Å²) in [6, 6.07) is 8.13. The summed E-state index contributed by atoms with van der Waals surface area (Å²) < 4.78 is 7.53. The zero-order valence-corrected chi connectivity index (χ0v) is 17.4. The molecule has 6 heteroatoms. The van der Waals surface area contributed by atoms with Crippen molar-refractivity contribution in [3.63, 3.8) is 0 Å². The van der Waals surface area contributed by atoms with E-state index in [1.165, 1.54) is 30.6 Å². The summed E-state index contributed by atoms with van der Waals surface area (Å²) in [4.78, 5) is 11.9. The molecule has 5 rings (SSSR count). The molecule has 3 aromatic rings. The van der Waals surface area contributed by atoms with Crippen LogP contribution in [-0.4, -0.2) is 44.7 Å². The van der Waals surface area contributed by atoms with Crippen LogP contribution in [0.15, 0.2) is 30.5 Å². The fourth-order valence-electron chi connectivity index (χ4n) is 5.11. The number of aliphatic hydroxyl groups is 1. The van der Waals surface area contributed by atoms with Gasteiger partial charge in [-0.1, -0.05) is 12.1 Å². The van der Waals surface area contributed by atoms with Crippen LogP contribution in [0, 0.1) is 6.92 Å². The fourth-order valence-corrected chi connectivity index (χ4v) is 5.11. The molecular formula is C23H28N4O2. The number of hydrogen-bond acceptors (Lipinski definition) is 5. The minimum Gasteiger partial charge on any atom is -0.497 e. The summed E-state index contributed by atoms with van der Waals surface area (Å²) in [6.45, 7) is 6.55. The summed E-state index contributed by atoms with van der Waals surface area (Å²) >= 11 is 0. The standard InChI is InChI=1S/C23H28N4O2/c1-15-24-13-20-22(25-15)21-18-5-4-11-26(18)12-10-19(21)27(20)14-23(2,28)16-6-8-17(29-3)9-7-16/h6-9,13,18,28H,4-5,10-12,14H2,1-3H3. The Labute approximate surface area is 171 Å². The fraction of sp³-hybridized carbons (Fsp3) is 0.478. The van der Waals surface area contributed by atoms with Crippen LogP contribution in [0.3, 0.4) is 0 Å². The van der Waals surface area contributed by atoms with Crippen LogP contribution in [-0.2, 0) is 18.6 Å². The molecule has 6 nitrogen and oxygen atoms in total. The number of methoxy groups -OCH3 is 1. The summed E-state index contributed by atoms with van der Waals surface area (Å²) in [6.07, 6.45) is 5.34. The van der Waals surface area contributed by atoms with E-state index >= 15 is 0 Å². The molecule has 2 aliphatic heterocycles. The van der Waals surface area contributed by atoms with Crippen molar-refractivity contribution in [1.29, 1.82) is 0 Å². The van der Waals surface area contributed by atoms with Crippen molar-refractivity contribution in [2.45, 2.75) is 51.3 Å². The van der Waals surface area contributed by atoms with Gasteiger partial charge in [-0.2, -0.15) is 0 Å². The van der Waals surface area contributed by atoms with Crippen molar-refractivity contribution in [3.05, 3.63) is 53.1 Å². The second kappa shape index (κ2) is 6.82. The number of fused-ring (bicyclic) bond motifs is 5. The molecule has 0 spiro atoms. The molecule has 0 aliphatic carbocycles. The summed E-state index contributed by atoms with van der Waals surface area (Å²) in [5, 5.41) is 11.4. The highest BCUT2D eigenvalue weighted by atomic mass is 16.5. The molecule has 0 amide bonds. The number of aryl methyl sites for hydroxylation is 1. The van der Waals surface area contributed by atoms with Gasteiger partial charge in [0.15, 0.2) is 0 Å². The molecular weight excluding hydrogens is 364 g/mol. The number of aromatic nitrogens is 3. The van der Waals surface area contributed by atoms with E-state index in [-0.39, 0.29) is 0 Å². The van der Waals surface area contributed by atoms with E-state index in [9.17, 15) is 5.11 Å². The highest BCUT2D eigenvalue weighted by Crippen LogP contribution is 2.43. The van der Waals surface area contributed by atoms with E-state index < -0.39 is 5.60 Å². The van der Waals surface area contributed by atoms with Gasteiger partial charge in [0.25, 0.3) is 0 Å². The van der Waals surface area contributed by atoms with E-state index in [1.807, 2.05) is 44.3 Å². The zero-order chi connectivity index (χ0) is 20.2. The van der Waals surface area contributed by atoms with Crippen molar-refractivity contribution < 1.29 is 9.84 Å². The first-order valence-electron chi connectivity index (χ1n) is 10.4. The Kier molecular flexibility index (Phi) is 4.37. The number of nitrogens with zero attached hydrogens (tertiary/aromatic N) is 4. The summed E-state index contributed by atoms with van der Waals surface area (Å²) in [5.74, 6) is 1.59. The topological polar surface area (TPSA) is 63.4 Å². The average molecular weight is 393 g/mol. The van der Waals surface area contributed by atoms with Crippen LogP contribution in [0.1, 0.15) is 48.5 Å². The van der Waals surface area contributed by atoms with Gasteiger partial charge < -0.3 is 14.4 Å². The van der Waals surface area contributed by atoms with E-state index in [2.05, 4.69) is 14.5 Å². The Morgan fingerprint density at radius 1 is 1.24 bits per heavy atom. The van der Waals surface area contributed by atoms with Gasteiger partial charge in [-0.05, 0) is 50.9 Å². The number of rotatable bonds is 4. The molecule has 0 bridgehead atoms. The highest BCUT2D eigenvalue weighted by Gasteiger charge is 2.37. The summed E-state index contributed by atoms with van der Waals surface area (Å²) in [5.41, 5.74) is 4.64. The lowest BCUT2D eigenvalue weighted by molar-refractivity contribution is 0.0383. The molecule has 0 saturated carbocycles. The van der Waals surface area contributed by atoms with Gasteiger partial charge in [0.2, 0.25) is 0 Å². The van der Waals surface area contributed by atoms with Gasteiger partial charge in [0, 0.05) is 30.3 Å². The van der Waals surface area contributed by atoms with Crippen molar-refractivity contribution in [2.24, 2.45) is 0 Å². The maximum Gasteiger partial charge on any atom is 0.126 e. The molecule has 0 radical (unpaired) electrons. The van der Waals surface area contributed by atoms with Gasteiger partial charge >= 0.3 is 0 Å². The van der Waals surface area contributed by atoms with Gasteiger partial charge in [0.05, 0.1) is 30.9 Å². The van der Waals surface area contributed by atoms with Crippen LogP contribution < -0.4 is 4.74 Å². The Balaban J connectivity index is 1.61. The lowest BCUT2D eigenvalue weighted by atomic mass is 9.95. The zero-order valence-electron chi connectivity index (χ0n) is 17.4. The molecule has 2 aromatic heterocycles. The Bertz CT molecular complexity index is 1050. The van der Waals surface area contributed by atoms with Crippen LogP contribution >= 0.6 is 0 Å². The number of benzene rings is 1. The molecule has 2 unspecified atom stereocenters. The minimum atomic E-state index is -1.01. The molecule has 4 heterocycles. The van der Waals surface area contributed by atoms with E-state index in [0.717, 1.165) is 41.1 Å². The molecule has 1 N–H and O–H groups in total. The molecule has 1 fully saturated rings. The molecule has 29 heavy (non-hydrogen) atoms. The first-order chi connectivity index (χ1) is 14.0. The second-order valence-electron chi connectivity index (χ2n) is 8.54. The molecule has 2 aliphatic rings. The third-order valence-corrected chi connectivity index (χ3v) is 6.58. The first kappa shape index (κ1) is 18.6. The maximum atomic E-state index is 11.4. The Hall–Kier alpha value is -2.44. The second-order valence-corrected chi connectivity index (χ2v) is 8.54. The van der Waals surface area contributed by atoms with Crippen LogP contribution in [0.5, 0.6) is 5.75 Å². The van der Waals surface area contributed by atoms with Crippen LogP contribution in [0.4, 0.5) is 0 Å². The SMILES string of the molecule is COc1ccc(C(C)(O)Cn2c3c(c4nc(C)ncc42)C2CCCN2CC3)cc1. The number of hydrogen-bond donors (Lipinski definition) is 1. The van der Waals surface area contributed by atoms with Crippen LogP contribution in [0.25, 0.3) is 11.0 Å². The van der Waals surface area contributed by atoms with Crippen molar-refractivity contribution in [3.8, 4) is 5.75 Å². The quantitative estimate of drug-likeness (QED) is 0.738. The van der Waals surface area contributed by atoms with E-state index in [4.69, 9.17) is 9.72 Å². The van der Waals surface area contributed by atoms with Crippen molar-refractivity contribution in [2.75, 3.05) is 20.2 Å². The Morgan fingerprint density at radius 2 is 2.03 bits per heavy atom. The minimum absolute atomic E-state index is 0.447. The highest BCUT2D eigenvalue weighted by molar-refractivity contribution is 5.82. The molecule has 2 atom stereocenters. The molecule has 1 aromatic carbocycles. The van der Waals surface area contributed by atoms with Gasteiger partial charge in [0.1, 0.15) is 17.2 Å². The predicted molar refractivity (Wildman–Crippen MR) is 112 cm³/mol. The monoisotopic (exact) mass is 392 g/mol. The van der Waals surface area contributed by atoms with Gasteiger partial charge in [-0.15, -0.1) is 0 Å². The summed E-state index contributed by atoms with van der Waals surface area (Å²) in [7, 11) is 1.65. The molecule has 152 valence electrons. The predicted octanol–water partition coefficient (Wildman–Crippen LogP) is 3.35. The normalized spacial score (nSPS) is 21.0. The van der Waals surface area contributed by atoms with Crippen LogP contribution in [0.2, 0.25) is 0 Å². The number of ether oxygens (including phenoxy) is 1. The molecule has 1 saturated heterocycles. The van der Waals surface area contributed by atoms with Crippen molar-refractivity contribution >= 4 is 11.0 Å². The smallest absolute Gasteiger partial charge is 0.126 e. The Morgan fingerprint density at radius 3 is 2.79 bits per heavy atom. The van der Waals surface area contributed by atoms with E-state index in [0.29, 0.717) is 12.6 Å². The third-order valence-electron chi connectivity index (χ3n) is 6.58. The van der Waals surface area contributed by atoms with Gasteiger partial charge in [-0.3, -0.25) is 4.90 Å². The first-order valence-corrected chi connectivity index (χ1v) is 10.4. The lowest BCUT2D eigenvalue weighted by Crippen LogP contribution is -2.33. The lowest BCUT2D eigenvalue weighted by Gasteiger charge is -2.32. The van der Waals surface area contributed by atoms with Crippen molar-refractivity contribution in [1.82, 2.24) is 19.4 Å². The van der Waals surface area contributed by atoms with E-state index in [1.54, 1.807) is 7.11 Å². The largest absolute Gasteiger partial charge is 0.497 e. The maximum absolute atomic E-state index is 11.4. The van der Waals surface area contributed by atoms with Gasteiger partial charge in [-0.25, -0.2) is 9.97 Å². The average Bonchev–Trinajstić information content (AvgIpc) is 3.30. The third kappa shape index (κ3) is 3.02.